The van der Waals surface area contributed by atoms with Crippen LogP contribution in [0.4, 0.5) is 0 Å². The summed E-state index contributed by atoms with van der Waals surface area (Å²) in [6.45, 7) is 1.48. The Morgan fingerprint density at radius 1 is 1.82 bits per heavy atom. The maximum atomic E-state index is 11.7. The zero-order valence-corrected chi connectivity index (χ0v) is 10.5. The molecule has 1 fully saturated rings. The summed E-state index contributed by atoms with van der Waals surface area (Å²) in [5.41, 5.74) is 1.71. The van der Waals surface area contributed by atoms with Crippen molar-refractivity contribution in [1.82, 2.24) is 10.3 Å². The Morgan fingerprint density at radius 3 is 3.29 bits per heavy atom. The predicted octanol–water partition coefficient (Wildman–Crippen LogP) is 1.13. The van der Waals surface area contributed by atoms with Crippen LogP contribution in [0.5, 0.6) is 0 Å². The summed E-state index contributed by atoms with van der Waals surface area (Å²) in [5.74, 6) is -0.285. The van der Waals surface area contributed by atoms with E-state index in [9.17, 15) is 4.79 Å². The van der Waals surface area contributed by atoms with Gasteiger partial charge in [0.1, 0.15) is 6.04 Å². The summed E-state index contributed by atoms with van der Waals surface area (Å²) in [5, 5.41) is 3.19. The van der Waals surface area contributed by atoms with Crippen LogP contribution in [0.3, 0.4) is 0 Å². The molecule has 1 saturated heterocycles. The molecular formula is C11H16N2O3S. The molecule has 2 atom stereocenters. The Balaban J connectivity index is 1.93. The van der Waals surface area contributed by atoms with Gasteiger partial charge in [0.2, 0.25) is 0 Å². The maximum absolute atomic E-state index is 11.7. The number of carbonyl (C=O) groups excluding carboxylic acids is 1. The fourth-order valence-electron chi connectivity index (χ4n) is 1.84. The van der Waals surface area contributed by atoms with Gasteiger partial charge in [-0.05, 0) is 12.8 Å². The molecule has 5 nitrogen and oxygen atoms in total. The standard InChI is InChI=1S/C11H16N2O3S/c1-15-11(14)10(9-6-12-7-17-9)13-5-8-3-2-4-16-8/h6-8,10,13H,2-5H2,1H3. The highest BCUT2D eigenvalue weighted by Gasteiger charge is 2.24. The van der Waals surface area contributed by atoms with Gasteiger partial charge >= 0.3 is 5.97 Å². The van der Waals surface area contributed by atoms with Crippen LogP contribution in [0.25, 0.3) is 0 Å². The molecule has 1 N–H and O–H groups in total. The average molecular weight is 256 g/mol. The monoisotopic (exact) mass is 256 g/mol. The topological polar surface area (TPSA) is 60.5 Å². The summed E-state index contributed by atoms with van der Waals surface area (Å²) in [4.78, 5) is 16.5. The number of aromatic nitrogens is 1. The van der Waals surface area contributed by atoms with Crippen molar-refractivity contribution in [2.24, 2.45) is 0 Å². The molecule has 6 heteroatoms. The van der Waals surface area contributed by atoms with Crippen molar-refractivity contribution in [3.05, 3.63) is 16.6 Å². The SMILES string of the molecule is COC(=O)C(NCC1CCCO1)c1cncs1. The van der Waals surface area contributed by atoms with E-state index in [0.29, 0.717) is 6.54 Å². The lowest BCUT2D eigenvalue weighted by molar-refractivity contribution is -0.143. The van der Waals surface area contributed by atoms with E-state index in [1.165, 1.54) is 18.4 Å². The first kappa shape index (κ1) is 12.5. The second-order valence-electron chi connectivity index (χ2n) is 3.90. The van der Waals surface area contributed by atoms with Crippen molar-refractivity contribution in [1.29, 1.82) is 0 Å². The predicted molar refractivity (Wildman–Crippen MR) is 63.8 cm³/mol. The number of rotatable bonds is 5. The number of esters is 1. The fourth-order valence-corrected chi connectivity index (χ4v) is 2.52. The van der Waals surface area contributed by atoms with E-state index in [1.807, 2.05) is 0 Å². The van der Waals surface area contributed by atoms with E-state index >= 15 is 0 Å². The van der Waals surface area contributed by atoms with E-state index in [4.69, 9.17) is 9.47 Å². The number of hydrogen-bond donors (Lipinski definition) is 1. The van der Waals surface area contributed by atoms with Crippen LogP contribution in [0.1, 0.15) is 23.8 Å². The number of methoxy groups -OCH3 is 1. The van der Waals surface area contributed by atoms with Crippen molar-refractivity contribution < 1.29 is 14.3 Å². The molecular weight excluding hydrogens is 240 g/mol. The number of nitrogens with one attached hydrogen (secondary N) is 1. The van der Waals surface area contributed by atoms with Gasteiger partial charge in [-0.2, -0.15) is 0 Å². The third kappa shape index (κ3) is 3.24. The normalized spacial score (nSPS) is 21.4. The third-order valence-electron chi connectivity index (χ3n) is 2.75. The van der Waals surface area contributed by atoms with Gasteiger partial charge in [0.25, 0.3) is 0 Å². The molecule has 0 aliphatic carbocycles. The first-order valence-corrected chi connectivity index (χ1v) is 6.50. The van der Waals surface area contributed by atoms with Gasteiger partial charge in [0.05, 0.1) is 23.6 Å². The molecule has 17 heavy (non-hydrogen) atoms. The summed E-state index contributed by atoms with van der Waals surface area (Å²) in [6.07, 6.45) is 4.03. The highest BCUT2D eigenvalue weighted by Crippen LogP contribution is 2.19. The Kier molecular flexibility index (Phi) is 4.47. The molecule has 0 spiro atoms. The van der Waals surface area contributed by atoms with Gasteiger partial charge in [0, 0.05) is 19.3 Å². The molecule has 1 aliphatic rings. The summed E-state index contributed by atoms with van der Waals surface area (Å²) < 4.78 is 10.3. The number of carbonyl (C=O) groups is 1. The zero-order valence-electron chi connectivity index (χ0n) is 9.72. The van der Waals surface area contributed by atoms with Gasteiger partial charge in [-0.1, -0.05) is 0 Å². The Hall–Kier alpha value is -0.980. The number of thiazole rings is 1. The lowest BCUT2D eigenvalue weighted by Crippen LogP contribution is -2.34. The molecule has 0 bridgehead atoms. The maximum Gasteiger partial charge on any atom is 0.328 e. The highest BCUT2D eigenvalue weighted by atomic mass is 32.1. The van der Waals surface area contributed by atoms with Crippen molar-refractivity contribution >= 4 is 17.3 Å². The summed E-state index contributed by atoms with van der Waals surface area (Å²) in [6, 6.07) is -0.434. The van der Waals surface area contributed by atoms with E-state index in [0.717, 1.165) is 24.3 Å². The molecule has 94 valence electrons. The second-order valence-corrected chi connectivity index (χ2v) is 4.82. The van der Waals surface area contributed by atoms with Gasteiger partial charge in [-0.3, -0.25) is 10.3 Å². The second kappa shape index (κ2) is 6.09. The van der Waals surface area contributed by atoms with E-state index in [-0.39, 0.29) is 12.1 Å². The first-order valence-electron chi connectivity index (χ1n) is 5.62. The molecule has 2 rings (SSSR count). The van der Waals surface area contributed by atoms with Crippen molar-refractivity contribution in [3.63, 3.8) is 0 Å². The van der Waals surface area contributed by atoms with Gasteiger partial charge in [-0.15, -0.1) is 11.3 Å². The molecule has 0 aromatic carbocycles. The molecule has 2 heterocycles. The molecule has 2 unspecified atom stereocenters. The minimum absolute atomic E-state index is 0.204. The van der Waals surface area contributed by atoms with E-state index in [1.54, 1.807) is 11.7 Å². The molecule has 1 aromatic heterocycles. The van der Waals surface area contributed by atoms with Crippen LogP contribution in [0.2, 0.25) is 0 Å². The van der Waals surface area contributed by atoms with Crippen LogP contribution in [-0.2, 0) is 14.3 Å². The highest BCUT2D eigenvalue weighted by molar-refractivity contribution is 7.09. The third-order valence-corrected chi connectivity index (χ3v) is 3.59. The van der Waals surface area contributed by atoms with E-state index in [2.05, 4.69) is 10.3 Å². The van der Waals surface area contributed by atoms with Crippen LogP contribution in [0.15, 0.2) is 11.7 Å². The molecule has 0 amide bonds. The van der Waals surface area contributed by atoms with Crippen LogP contribution in [0, 0.1) is 0 Å². The largest absolute Gasteiger partial charge is 0.468 e. The number of nitrogens with zero attached hydrogens (tertiary/aromatic N) is 1. The van der Waals surface area contributed by atoms with Gasteiger partial charge in [-0.25, -0.2) is 4.79 Å². The minimum Gasteiger partial charge on any atom is -0.468 e. The van der Waals surface area contributed by atoms with Crippen molar-refractivity contribution in [3.8, 4) is 0 Å². The molecule has 1 aliphatic heterocycles. The molecule has 1 aromatic rings. The van der Waals surface area contributed by atoms with Crippen molar-refractivity contribution in [2.45, 2.75) is 25.0 Å². The van der Waals surface area contributed by atoms with Gasteiger partial charge < -0.3 is 9.47 Å². The van der Waals surface area contributed by atoms with Crippen LogP contribution < -0.4 is 5.32 Å². The van der Waals surface area contributed by atoms with E-state index < -0.39 is 6.04 Å². The fraction of sp³-hybridized carbons (Fsp3) is 0.636. The molecule has 0 radical (unpaired) electrons. The number of ether oxygens (including phenoxy) is 2. The lowest BCUT2D eigenvalue weighted by Gasteiger charge is -2.17. The smallest absolute Gasteiger partial charge is 0.328 e. The minimum atomic E-state index is -0.434. The van der Waals surface area contributed by atoms with Crippen LogP contribution in [-0.4, -0.2) is 37.3 Å². The van der Waals surface area contributed by atoms with Gasteiger partial charge in [0.15, 0.2) is 0 Å². The Morgan fingerprint density at radius 2 is 2.71 bits per heavy atom. The van der Waals surface area contributed by atoms with Crippen molar-refractivity contribution in [2.75, 3.05) is 20.3 Å². The summed E-state index contributed by atoms with van der Waals surface area (Å²) in [7, 11) is 1.39. The zero-order chi connectivity index (χ0) is 12.1. The van der Waals surface area contributed by atoms with Crippen LogP contribution >= 0.6 is 11.3 Å². The number of hydrogen-bond acceptors (Lipinski definition) is 6. The average Bonchev–Trinajstić information content (AvgIpc) is 3.01. The Labute approximate surface area is 104 Å². The Bertz CT molecular complexity index is 350. The molecule has 0 saturated carbocycles. The lowest BCUT2D eigenvalue weighted by atomic mass is 10.2. The first-order chi connectivity index (χ1) is 8.31. The summed E-state index contributed by atoms with van der Waals surface area (Å²) >= 11 is 1.44. The quantitative estimate of drug-likeness (QED) is 0.800.